The van der Waals surface area contributed by atoms with Crippen LogP contribution in [-0.4, -0.2) is 19.7 Å². The van der Waals surface area contributed by atoms with Crippen molar-refractivity contribution in [1.82, 2.24) is 5.32 Å². The topological polar surface area (TPSA) is 21.3 Å². The molecule has 1 aliphatic carbocycles. The van der Waals surface area contributed by atoms with E-state index in [-0.39, 0.29) is 0 Å². The van der Waals surface area contributed by atoms with Gasteiger partial charge in [-0.1, -0.05) is 19.8 Å². The van der Waals surface area contributed by atoms with Crippen molar-refractivity contribution in [2.75, 3.05) is 13.7 Å². The average Bonchev–Trinajstić information content (AvgIpc) is 2.31. The summed E-state index contributed by atoms with van der Waals surface area (Å²) in [4.78, 5) is 0. The Morgan fingerprint density at radius 3 is 2.88 bits per heavy atom. The lowest BCUT2D eigenvalue weighted by Gasteiger charge is -2.35. The molecular weight excluding hydrogens is 198 g/mol. The van der Waals surface area contributed by atoms with Gasteiger partial charge in [-0.25, -0.2) is 0 Å². The summed E-state index contributed by atoms with van der Waals surface area (Å²) in [5, 5.41) is 3.51. The quantitative estimate of drug-likeness (QED) is 0.794. The summed E-state index contributed by atoms with van der Waals surface area (Å²) in [7, 11) is 2.10. The van der Waals surface area contributed by atoms with Crippen molar-refractivity contribution in [2.45, 2.75) is 51.5 Å². The molecule has 0 radical (unpaired) electrons. The van der Waals surface area contributed by atoms with Crippen LogP contribution in [0.4, 0.5) is 0 Å². The molecule has 0 amide bonds. The van der Waals surface area contributed by atoms with Crippen molar-refractivity contribution in [3.63, 3.8) is 0 Å². The van der Waals surface area contributed by atoms with E-state index in [0.717, 1.165) is 18.4 Å². The van der Waals surface area contributed by atoms with Gasteiger partial charge in [0.25, 0.3) is 0 Å². The van der Waals surface area contributed by atoms with Crippen LogP contribution < -0.4 is 5.32 Å². The van der Waals surface area contributed by atoms with E-state index in [1.165, 1.54) is 44.1 Å². The third kappa shape index (κ3) is 2.79. The minimum Gasteiger partial charge on any atom is -0.501 e. The molecule has 0 aromatic heterocycles. The van der Waals surface area contributed by atoms with E-state index < -0.39 is 0 Å². The maximum atomic E-state index is 5.48. The molecule has 0 bridgehead atoms. The molecule has 0 spiro atoms. The lowest BCUT2D eigenvalue weighted by atomic mass is 9.76. The first-order valence-electron chi connectivity index (χ1n) is 6.79. The lowest BCUT2D eigenvalue weighted by Crippen LogP contribution is -2.38. The molecule has 0 aromatic carbocycles. The second-order valence-electron chi connectivity index (χ2n) is 5.47. The van der Waals surface area contributed by atoms with Crippen molar-refractivity contribution in [1.29, 1.82) is 0 Å². The molecule has 2 rings (SSSR count). The molecule has 1 N–H and O–H groups in total. The fraction of sp³-hybridized carbons (Fsp3) is 0.857. The van der Waals surface area contributed by atoms with E-state index in [1.54, 1.807) is 0 Å². The van der Waals surface area contributed by atoms with Gasteiger partial charge in [0, 0.05) is 6.04 Å². The van der Waals surface area contributed by atoms with Crippen molar-refractivity contribution >= 4 is 0 Å². The Balaban J connectivity index is 2.00. The van der Waals surface area contributed by atoms with Crippen LogP contribution in [-0.2, 0) is 4.74 Å². The third-order valence-electron chi connectivity index (χ3n) is 4.12. The highest BCUT2D eigenvalue weighted by Crippen LogP contribution is 2.34. The summed E-state index contributed by atoms with van der Waals surface area (Å²) in [5.74, 6) is 1.72. The number of ether oxygens (including phenoxy) is 1. The minimum atomic E-state index is 0.558. The maximum Gasteiger partial charge on any atom is 0.0876 e. The molecule has 3 unspecified atom stereocenters. The van der Waals surface area contributed by atoms with Crippen molar-refractivity contribution in [2.24, 2.45) is 11.8 Å². The van der Waals surface area contributed by atoms with Crippen LogP contribution in [0.3, 0.4) is 0 Å². The van der Waals surface area contributed by atoms with Crippen LogP contribution in [0.1, 0.15) is 45.4 Å². The summed E-state index contributed by atoms with van der Waals surface area (Å²) in [6, 6.07) is 0.558. The number of hydrogen-bond acceptors (Lipinski definition) is 2. The van der Waals surface area contributed by atoms with Gasteiger partial charge < -0.3 is 10.1 Å². The van der Waals surface area contributed by atoms with Crippen molar-refractivity contribution in [3.8, 4) is 0 Å². The van der Waals surface area contributed by atoms with Gasteiger partial charge in [-0.15, -0.1) is 0 Å². The summed E-state index contributed by atoms with van der Waals surface area (Å²) < 4.78 is 5.48. The van der Waals surface area contributed by atoms with E-state index in [4.69, 9.17) is 4.74 Å². The molecule has 1 saturated carbocycles. The van der Waals surface area contributed by atoms with Gasteiger partial charge in [0.05, 0.1) is 12.9 Å². The molecule has 0 aromatic rings. The van der Waals surface area contributed by atoms with Crippen LogP contribution in [0.25, 0.3) is 0 Å². The van der Waals surface area contributed by atoms with Gasteiger partial charge in [0.15, 0.2) is 0 Å². The molecule has 1 fully saturated rings. The standard InChI is InChI=1S/C14H25NO/c1-11-5-3-6-12(9-11)14(15-2)13-7-4-8-16-10-13/h10-12,14-15H,3-9H2,1-2H3. The van der Waals surface area contributed by atoms with E-state index in [9.17, 15) is 0 Å². The highest BCUT2D eigenvalue weighted by molar-refractivity contribution is 5.12. The third-order valence-corrected chi connectivity index (χ3v) is 4.12. The summed E-state index contributed by atoms with van der Waals surface area (Å²) in [6.45, 7) is 3.30. The van der Waals surface area contributed by atoms with E-state index in [0.29, 0.717) is 6.04 Å². The van der Waals surface area contributed by atoms with Crippen molar-refractivity contribution in [3.05, 3.63) is 11.8 Å². The zero-order chi connectivity index (χ0) is 11.4. The molecule has 2 aliphatic rings. The Labute approximate surface area is 99.4 Å². The largest absolute Gasteiger partial charge is 0.501 e. The van der Waals surface area contributed by atoms with E-state index >= 15 is 0 Å². The van der Waals surface area contributed by atoms with E-state index in [2.05, 4.69) is 19.3 Å². The fourth-order valence-electron chi connectivity index (χ4n) is 3.32. The van der Waals surface area contributed by atoms with Gasteiger partial charge in [-0.3, -0.25) is 0 Å². The molecule has 0 saturated heterocycles. The molecule has 16 heavy (non-hydrogen) atoms. The van der Waals surface area contributed by atoms with Gasteiger partial charge >= 0.3 is 0 Å². The van der Waals surface area contributed by atoms with Crippen LogP contribution in [0.5, 0.6) is 0 Å². The van der Waals surface area contributed by atoms with E-state index in [1.807, 2.05) is 6.26 Å². The number of hydrogen-bond donors (Lipinski definition) is 1. The van der Waals surface area contributed by atoms with Crippen LogP contribution >= 0.6 is 0 Å². The molecular formula is C14H25NO. The van der Waals surface area contributed by atoms with Gasteiger partial charge in [-0.2, -0.15) is 0 Å². The lowest BCUT2D eigenvalue weighted by molar-refractivity contribution is 0.199. The average molecular weight is 223 g/mol. The Kier molecular flexibility index (Phi) is 4.28. The second kappa shape index (κ2) is 5.72. The van der Waals surface area contributed by atoms with Gasteiger partial charge in [-0.05, 0) is 50.1 Å². The maximum absolute atomic E-state index is 5.48. The monoisotopic (exact) mass is 223 g/mol. The van der Waals surface area contributed by atoms with Gasteiger partial charge in [0.1, 0.15) is 0 Å². The normalized spacial score (nSPS) is 32.8. The van der Waals surface area contributed by atoms with Crippen molar-refractivity contribution < 1.29 is 4.74 Å². The zero-order valence-corrected chi connectivity index (χ0v) is 10.7. The molecule has 2 nitrogen and oxygen atoms in total. The summed E-state index contributed by atoms with van der Waals surface area (Å²) >= 11 is 0. The predicted molar refractivity (Wildman–Crippen MR) is 67.2 cm³/mol. The van der Waals surface area contributed by atoms with Gasteiger partial charge in [0.2, 0.25) is 0 Å². The predicted octanol–water partition coefficient (Wildman–Crippen LogP) is 3.10. The number of rotatable bonds is 3. The summed E-state index contributed by atoms with van der Waals surface area (Å²) in [5.41, 5.74) is 1.49. The number of nitrogens with one attached hydrogen (secondary N) is 1. The second-order valence-corrected chi connectivity index (χ2v) is 5.47. The first-order chi connectivity index (χ1) is 7.81. The molecule has 1 aliphatic heterocycles. The molecule has 2 heteroatoms. The molecule has 92 valence electrons. The SMILES string of the molecule is CNC(C1=COCCC1)C1CCCC(C)C1. The first kappa shape index (κ1) is 12.0. The Bertz CT molecular complexity index is 249. The molecule has 3 atom stereocenters. The highest BCUT2D eigenvalue weighted by Gasteiger charge is 2.28. The smallest absolute Gasteiger partial charge is 0.0876 e. The number of likely N-dealkylation sites (N-methyl/N-ethyl adjacent to an activating group) is 1. The highest BCUT2D eigenvalue weighted by atomic mass is 16.5. The molecule has 1 heterocycles. The fourth-order valence-corrected chi connectivity index (χ4v) is 3.32. The zero-order valence-electron chi connectivity index (χ0n) is 10.7. The van der Waals surface area contributed by atoms with Crippen LogP contribution in [0, 0.1) is 11.8 Å². The Hall–Kier alpha value is -0.500. The Morgan fingerprint density at radius 2 is 2.25 bits per heavy atom. The first-order valence-corrected chi connectivity index (χ1v) is 6.79. The summed E-state index contributed by atoms with van der Waals surface area (Å²) in [6.07, 6.45) is 10.0. The van der Waals surface area contributed by atoms with Crippen LogP contribution in [0.2, 0.25) is 0 Å². The van der Waals surface area contributed by atoms with Crippen LogP contribution in [0.15, 0.2) is 11.8 Å². The Morgan fingerprint density at radius 1 is 1.38 bits per heavy atom. The minimum absolute atomic E-state index is 0.558.